The summed E-state index contributed by atoms with van der Waals surface area (Å²) in [5.41, 5.74) is -0.0390. The smallest absolute Gasteiger partial charge is 0.354 e. The Morgan fingerprint density at radius 3 is 2.86 bits per heavy atom. The molecule has 1 rings (SSSR count). The molecule has 0 radical (unpaired) electrons. The highest BCUT2D eigenvalue weighted by atomic mass is 19.1. The molecule has 5 heteroatoms. The molecular formula is C9H10FNO3. The van der Waals surface area contributed by atoms with Crippen molar-refractivity contribution in [3.8, 4) is 5.75 Å². The Morgan fingerprint density at radius 1 is 1.57 bits per heavy atom. The van der Waals surface area contributed by atoms with E-state index in [1.54, 1.807) is 0 Å². The number of carboxylic acid groups (broad SMARTS) is 1. The Kier molecular flexibility index (Phi) is 3.84. The van der Waals surface area contributed by atoms with E-state index < -0.39 is 12.6 Å². The van der Waals surface area contributed by atoms with E-state index in [0.717, 1.165) is 0 Å². The summed E-state index contributed by atoms with van der Waals surface area (Å²) in [6.45, 7) is -0.161. The first-order valence-corrected chi connectivity index (χ1v) is 4.12. The monoisotopic (exact) mass is 199 g/mol. The Labute approximate surface area is 80.3 Å². The standard InChI is InChI=1S/C9H10FNO3/c10-4-1-5-14-7-2-3-8(9(12)13)11-6-7/h2-3,6H,1,4-5H2,(H,12,13). The lowest BCUT2D eigenvalue weighted by atomic mass is 10.3. The predicted molar refractivity (Wildman–Crippen MR) is 47.3 cm³/mol. The second-order valence-electron chi connectivity index (χ2n) is 2.58. The zero-order valence-electron chi connectivity index (χ0n) is 7.44. The maximum absolute atomic E-state index is 11.7. The molecule has 0 fully saturated rings. The highest BCUT2D eigenvalue weighted by Gasteiger charge is 2.03. The highest BCUT2D eigenvalue weighted by Crippen LogP contribution is 2.09. The number of rotatable bonds is 5. The Morgan fingerprint density at radius 2 is 2.36 bits per heavy atom. The third-order valence-corrected chi connectivity index (χ3v) is 1.50. The van der Waals surface area contributed by atoms with Gasteiger partial charge in [-0.2, -0.15) is 0 Å². The average molecular weight is 199 g/mol. The van der Waals surface area contributed by atoms with E-state index in [2.05, 4.69) is 4.98 Å². The first-order valence-electron chi connectivity index (χ1n) is 4.12. The van der Waals surface area contributed by atoms with Crippen molar-refractivity contribution in [2.75, 3.05) is 13.3 Å². The summed E-state index contributed by atoms with van der Waals surface area (Å²) >= 11 is 0. The lowest BCUT2D eigenvalue weighted by Gasteiger charge is -2.03. The van der Waals surface area contributed by atoms with Crippen LogP contribution in [0.4, 0.5) is 4.39 Å². The number of aromatic carboxylic acids is 1. The molecule has 4 nitrogen and oxygen atoms in total. The van der Waals surface area contributed by atoms with Gasteiger partial charge >= 0.3 is 5.97 Å². The zero-order valence-corrected chi connectivity index (χ0v) is 7.44. The number of carbonyl (C=O) groups is 1. The van der Waals surface area contributed by atoms with Crippen molar-refractivity contribution in [1.82, 2.24) is 4.98 Å². The second-order valence-corrected chi connectivity index (χ2v) is 2.58. The average Bonchev–Trinajstić information content (AvgIpc) is 2.19. The number of aromatic nitrogens is 1. The van der Waals surface area contributed by atoms with E-state index in [4.69, 9.17) is 9.84 Å². The molecule has 0 saturated carbocycles. The minimum absolute atomic E-state index is 0.0390. The van der Waals surface area contributed by atoms with Crippen LogP contribution in [-0.4, -0.2) is 29.3 Å². The number of halogens is 1. The molecule has 1 aromatic rings. The van der Waals surface area contributed by atoms with Gasteiger partial charge in [0.15, 0.2) is 0 Å². The number of hydrogen-bond acceptors (Lipinski definition) is 3. The maximum Gasteiger partial charge on any atom is 0.354 e. The van der Waals surface area contributed by atoms with Crippen LogP contribution in [-0.2, 0) is 0 Å². The third-order valence-electron chi connectivity index (χ3n) is 1.50. The van der Waals surface area contributed by atoms with Gasteiger partial charge in [0.1, 0.15) is 11.4 Å². The molecule has 0 spiro atoms. The largest absolute Gasteiger partial charge is 0.492 e. The lowest BCUT2D eigenvalue weighted by molar-refractivity contribution is 0.0690. The fourth-order valence-corrected chi connectivity index (χ4v) is 0.837. The Hall–Kier alpha value is -1.65. The van der Waals surface area contributed by atoms with Crippen molar-refractivity contribution in [1.29, 1.82) is 0 Å². The van der Waals surface area contributed by atoms with Crippen LogP contribution in [0.15, 0.2) is 18.3 Å². The van der Waals surface area contributed by atoms with Crippen LogP contribution in [0.5, 0.6) is 5.75 Å². The minimum Gasteiger partial charge on any atom is -0.492 e. The summed E-state index contributed by atoms with van der Waals surface area (Å²) in [7, 11) is 0. The number of ether oxygens (including phenoxy) is 1. The molecule has 1 aromatic heterocycles. The van der Waals surface area contributed by atoms with Gasteiger partial charge in [-0.05, 0) is 12.1 Å². The quantitative estimate of drug-likeness (QED) is 0.730. The van der Waals surface area contributed by atoms with E-state index in [-0.39, 0.29) is 12.3 Å². The van der Waals surface area contributed by atoms with Gasteiger partial charge in [-0.3, -0.25) is 4.39 Å². The van der Waals surface area contributed by atoms with Crippen molar-refractivity contribution in [3.05, 3.63) is 24.0 Å². The third kappa shape index (κ3) is 3.01. The Balaban J connectivity index is 2.51. The molecule has 1 N–H and O–H groups in total. The topological polar surface area (TPSA) is 59.4 Å². The molecule has 0 aliphatic rings. The number of pyridine rings is 1. The van der Waals surface area contributed by atoms with Gasteiger partial charge in [-0.25, -0.2) is 9.78 Å². The van der Waals surface area contributed by atoms with Gasteiger partial charge in [0.2, 0.25) is 0 Å². The molecule has 0 amide bonds. The molecule has 0 atom stereocenters. The number of hydrogen-bond donors (Lipinski definition) is 1. The molecule has 14 heavy (non-hydrogen) atoms. The molecule has 0 aromatic carbocycles. The van der Waals surface area contributed by atoms with Crippen LogP contribution in [0.1, 0.15) is 16.9 Å². The normalized spacial score (nSPS) is 9.79. The first kappa shape index (κ1) is 10.4. The van der Waals surface area contributed by atoms with E-state index in [0.29, 0.717) is 12.2 Å². The van der Waals surface area contributed by atoms with Gasteiger partial charge in [0.25, 0.3) is 0 Å². The summed E-state index contributed by atoms with van der Waals surface area (Å²) in [5.74, 6) is -0.635. The van der Waals surface area contributed by atoms with E-state index in [1.165, 1.54) is 18.3 Å². The fourth-order valence-electron chi connectivity index (χ4n) is 0.837. The number of nitrogens with zero attached hydrogens (tertiary/aromatic N) is 1. The lowest BCUT2D eigenvalue weighted by Crippen LogP contribution is -2.02. The minimum atomic E-state index is -1.08. The van der Waals surface area contributed by atoms with Crippen molar-refractivity contribution >= 4 is 5.97 Å². The first-order chi connectivity index (χ1) is 6.74. The van der Waals surface area contributed by atoms with E-state index in [1.807, 2.05) is 0 Å². The van der Waals surface area contributed by atoms with Gasteiger partial charge in [0, 0.05) is 6.42 Å². The van der Waals surface area contributed by atoms with Crippen LogP contribution < -0.4 is 4.74 Å². The van der Waals surface area contributed by atoms with Gasteiger partial charge < -0.3 is 9.84 Å². The molecule has 76 valence electrons. The summed E-state index contributed by atoms with van der Waals surface area (Å²) in [4.78, 5) is 14.1. The summed E-state index contributed by atoms with van der Waals surface area (Å²) in [6, 6.07) is 2.84. The van der Waals surface area contributed by atoms with Crippen LogP contribution in [0.3, 0.4) is 0 Å². The summed E-state index contributed by atoms with van der Waals surface area (Å²) in [6.07, 6.45) is 1.63. The van der Waals surface area contributed by atoms with Gasteiger partial charge in [-0.1, -0.05) is 0 Å². The van der Waals surface area contributed by atoms with Gasteiger partial charge in [-0.15, -0.1) is 0 Å². The van der Waals surface area contributed by atoms with Gasteiger partial charge in [0.05, 0.1) is 19.5 Å². The van der Waals surface area contributed by atoms with Crippen LogP contribution >= 0.6 is 0 Å². The zero-order chi connectivity index (χ0) is 10.4. The predicted octanol–water partition coefficient (Wildman–Crippen LogP) is 1.52. The van der Waals surface area contributed by atoms with Crippen molar-refractivity contribution in [2.45, 2.75) is 6.42 Å². The summed E-state index contributed by atoms with van der Waals surface area (Å²) < 4.78 is 16.8. The SMILES string of the molecule is O=C(O)c1ccc(OCCCF)cn1. The van der Waals surface area contributed by atoms with Crippen LogP contribution in [0, 0.1) is 0 Å². The second kappa shape index (κ2) is 5.16. The van der Waals surface area contributed by atoms with E-state index in [9.17, 15) is 9.18 Å². The number of carboxylic acids is 1. The highest BCUT2D eigenvalue weighted by molar-refractivity contribution is 5.85. The molecule has 0 saturated heterocycles. The van der Waals surface area contributed by atoms with Crippen molar-refractivity contribution in [2.24, 2.45) is 0 Å². The molecule has 0 bridgehead atoms. The van der Waals surface area contributed by atoms with Crippen molar-refractivity contribution in [3.63, 3.8) is 0 Å². The number of alkyl halides is 1. The Bertz CT molecular complexity index is 299. The van der Waals surface area contributed by atoms with E-state index >= 15 is 0 Å². The molecule has 0 unspecified atom stereocenters. The molecule has 1 heterocycles. The van der Waals surface area contributed by atoms with Crippen molar-refractivity contribution < 1.29 is 19.0 Å². The maximum atomic E-state index is 11.7. The molecule has 0 aliphatic heterocycles. The van der Waals surface area contributed by atoms with Crippen LogP contribution in [0.2, 0.25) is 0 Å². The fraction of sp³-hybridized carbons (Fsp3) is 0.333. The molecular weight excluding hydrogens is 189 g/mol. The summed E-state index contributed by atoms with van der Waals surface area (Å²) in [5, 5.41) is 8.54. The molecule has 0 aliphatic carbocycles. The van der Waals surface area contributed by atoms with Crippen LogP contribution in [0.25, 0.3) is 0 Å².